The van der Waals surface area contributed by atoms with Gasteiger partial charge in [-0.15, -0.1) is 0 Å². The van der Waals surface area contributed by atoms with Crippen LogP contribution in [0.2, 0.25) is 10.2 Å². The molecule has 2 aromatic heterocycles. The zero-order chi connectivity index (χ0) is 22.8. The van der Waals surface area contributed by atoms with Crippen LogP contribution in [0.5, 0.6) is 0 Å². The van der Waals surface area contributed by atoms with Crippen molar-refractivity contribution in [2.45, 2.75) is 31.7 Å². The van der Waals surface area contributed by atoms with Crippen LogP contribution in [0.1, 0.15) is 23.1 Å². The molecule has 0 bridgehead atoms. The molecule has 2 aliphatic heterocycles. The largest absolute Gasteiger partial charge is 0.416 e. The highest BCUT2D eigenvalue weighted by atomic mass is 35.5. The molecule has 0 saturated carbocycles. The lowest BCUT2D eigenvalue weighted by atomic mass is 10.1. The van der Waals surface area contributed by atoms with E-state index in [9.17, 15) is 17.6 Å². The fraction of sp³-hybridized carbons (Fsp3) is 0.300. The molecule has 0 spiro atoms. The van der Waals surface area contributed by atoms with Gasteiger partial charge in [-0.2, -0.15) is 13.2 Å². The van der Waals surface area contributed by atoms with Crippen LogP contribution in [0, 0.1) is 12.7 Å². The molecule has 168 valence electrons. The van der Waals surface area contributed by atoms with Crippen LogP contribution >= 0.6 is 23.2 Å². The van der Waals surface area contributed by atoms with Crippen LogP contribution in [-0.2, 0) is 15.7 Å². The third kappa shape index (κ3) is 3.81. The number of aromatic nitrogens is 3. The molecule has 32 heavy (non-hydrogen) atoms. The van der Waals surface area contributed by atoms with Crippen molar-refractivity contribution in [3.63, 3.8) is 0 Å². The Bertz CT molecular complexity index is 1200. The SMILES string of the molecule is Cc1cc(C(F)(F)F)cc(N2C3OC3OC[C@H]2c2nc(Cl)cn2-c2ccc(F)c(Cl)c2)n1. The Kier molecular flexibility index (Phi) is 5.08. The number of hydrogen-bond donors (Lipinski definition) is 0. The summed E-state index contributed by atoms with van der Waals surface area (Å²) in [5.41, 5.74) is -0.157. The maximum atomic E-state index is 13.7. The number of ether oxygens (including phenoxy) is 2. The fourth-order valence-electron chi connectivity index (χ4n) is 3.73. The summed E-state index contributed by atoms with van der Waals surface area (Å²) in [7, 11) is 0. The Morgan fingerprint density at radius 1 is 1.12 bits per heavy atom. The number of halogens is 6. The van der Waals surface area contributed by atoms with E-state index in [-0.39, 0.29) is 28.3 Å². The van der Waals surface area contributed by atoms with E-state index in [1.165, 1.54) is 31.3 Å². The average molecular weight is 489 g/mol. The number of epoxide rings is 1. The van der Waals surface area contributed by atoms with Gasteiger partial charge in [-0.25, -0.2) is 14.4 Å². The average Bonchev–Trinajstić information content (AvgIpc) is 3.41. The third-order valence-corrected chi connectivity index (χ3v) is 5.64. The highest BCUT2D eigenvalue weighted by Crippen LogP contribution is 2.44. The number of imidazole rings is 1. The molecule has 0 aliphatic carbocycles. The van der Waals surface area contributed by atoms with Crippen LogP contribution in [0.25, 0.3) is 5.69 Å². The summed E-state index contributed by atoms with van der Waals surface area (Å²) in [4.78, 5) is 10.3. The van der Waals surface area contributed by atoms with E-state index in [0.29, 0.717) is 11.5 Å². The number of fused-ring (bicyclic) bond motifs is 1. The van der Waals surface area contributed by atoms with Gasteiger partial charge in [0.15, 0.2) is 6.23 Å². The van der Waals surface area contributed by atoms with E-state index >= 15 is 0 Å². The van der Waals surface area contributed by atoms with Gasteiger partial charge >= 0.3 is 6.18 Å². The van der Waals surface area contributed by atoms with Gasteiger partial charge in [0.05, 0.1) is 17.2 Å². The zero-order valence-electron chi connectivity index (χ0n) is 16.3. The summed E-state index contributed by atoms with van der Waals surface area (Å²) in [5, 5.41) is 0.0307. The fourth-order valence-corrected chi connectivity index (χ4v) is 4.09. The number of aryl methyl sites for hydroxylation is 1. The van der Waals surface area contributed by atoms with E-state index in [4.69, 9.17) is 32.7 Å². The molecule has 2 saturated heterocycles. The number of benzene rings is 1. The smallest absolute Gasteiger partial charge is 0.346 e. The monoisotopic (exact) mass is 488 g/mol. The summed E-state index contributed by atoms with van der Waals surface area (Å²) in [6.45, 7) is 1.54. The van der Waals surface area contributed by atoms with Gasteiger partial charge in [0.1, 0.15) is 28.7 Å². The summed E-state index contributed by atoms with van der Waals surface area (Å²) in [5.74, 6) is -0.173. The van der Waals surface area contributed by atoms with E-state index < -0.39 is 36.1 Å². The first-order valence-electron chi connectivity index (χ1n) is 9.43. The summed E-state index contributed by atoms with van der Waals surface area (Å²) in [6.07, 6.45) is -4.25. The Hall–Kier alpha value is -2.40. The van der Waals surface area contributed by atoms with E-state index in [2.05, 4.69) is 9.97 Å². The van der Waals surface area contributed by atoms with Gasteiger partial charge in [0, 0.05) is 17.6 Å². The molecular formula is C20H14Cl2F4N4O2. The Balaban J connectivity index is 1.61. The minimum Gasteiger partial charge on any atom is -0.346 e. The number of nitrogens with zero attached hydrogens (tertiary/aromatic N) is 4. The van der Waals surface area contributed by atoms with Crippen molar-refractivity contribution in [1.29, 1.82) is 0 Å². The predicted molar refractivity (Wildman–Crippen MR) is 107 cm³/mol. The minimum atomic E-state index is -4.54. The first-order valence-corrected chi connectivity index (χ1v) is 10.2. The molecule has 0 amide bonds. The lowest BCUT2D eigenvalue weighted by molar-refractivity contribution is -0.137. The van der Waals surface area contributed by atoms with Crippen molar-refractivity contribution < 1.29 is 27.0 Å². The molecule has 2 aliphatic rings. The first-order chi connectivity index (χ1) is 15.1. The van der Waals surface area contributed by atoms with Gasteiger partial charge in [-0.3, -0.25) is 0 Å². The molecule has 2 unspecified atom stereocenters. The number of anilines is 1. The normalized spacial score (nSPS) is 22.7. The minimum absolute atomic E-state index is 0.0560. The topological polar surface area (TPSA) is 55.7 Å². The van der Waals surface area contributed by atoms with Gasteiger partial charge in [0.2, 0.25) is 6.29 Å². The zero-order valence-corrected chi connectivity index (χ0v) is 17.8. The van der Waals surface area contributed by atoms with Crippen molar-refractivity contribution in [3.8, 4) is 5.69 Å². The molecule has 6 nitrogen and oxygen atoms in total. The maximum absolute atomic E-state index is 13.7. The lowest BCUT2D eigenvalue weighted by Gasteiger charge is -2.34. The maximum Gasteiger partial charge on any atom is 0.416 e. The van der Waals surface area contributed by atoms with Crippen LogP contribution in [0.3, 0.4) is 0 Å². The van der Waals surface area contributed by atoms with Crippen molar-refractivity contribution >= 4 is 29.0 Å². The molecule has 3 aromatic rings. The van der Waals surface area contributed by atoms with Crippen LogP contribution in [-0.4, -0.2) is 33.7 Å². The highest BCUT2D eigenvalue weighted by molar-refractivity contribution is 6.31. The number of alkyl halides is 3. The number of hydrogen-bond acceptors (Lipinski definition) is 5. The highest BCUT2D eigenvalue weighted by Gasteiger charge is 2.54. The van der Waals surface area contributed by atoms with Gasteiger partial charge in [-0.1, -0.05) is 23.2 Å². The molecule has 3 atom stereocenters. The van der Waals surface area contributed by atoms with Gasteiger partial charge < -0.3 is 18.9 Å². The van der Waals surface area contributed by atoms with Crippen molar-refractivity contribution in [1.82, 2.24) is 14.5 Å². The van der Waals surface area contributed by atoms with Gasteiger partial charge in [-0.05, 0) is 37.3 Å². The second kappa shape index (κ2) is 7.58. The molecule has 5 rings (SSSR count). The first kappa shape index (κ1) is 21.4. The molecule has 12 heteroatoms. The van der Waals surface area contributed by atoms with E-state index in [1.54, 1.807) is 9.47 Å². The van der Waals surface area contributed by atoms with Crippen LogP contribution in [0.4, 0.5) is 23.4 Å². The Labute approximate surface area is 189 Å². The number of rotatable bonds is 3. The van der Waals surface area contributed by atoms with E-state index in [0.717, 1.165) is 12.1 Å². The second-order valence-electron chi connectivity index (χ2n) is 7.39. The van der Waals surface area contributed by atoms with Crippen LogP contribution < -0.4 is 4.90 Å². The van der Waals surface area contributed by atoms with Crippen molar-refractivity contribution in [2.75, 3.05) is 11.5 Å². The summed E-state index contributed by atoms with van der Waals surface area (Å²) < 4.78 is 66.6. The number of morpholine rings is 1. The summed E-state index contributed by atoms with van der Waals surface area (Å²) in [6, 6.07) is 5.33. The van der Waals surface area contributed by atoms with Gasteiger partial charge in [0.25, 0.3) is 0 Å². The second-order valence-corrected chi connectivity index (χ2v) is 8.19. The third-order valence-electron chi connectivity index (χ3n) is 5.17. The molecular weight excluding hydrogens is 475 g/mol. The molecule has 2 fully saturated rings. The standard InChI is InChI=1S/C20H14Cl2F4N4O2/c1-9-4-10(20(24,25)26)5-16(27-9)30-14(8-31-19-18(30)32-19)17-28-15(22)7-29(17)11-2-3-13(23)12(21)6-11/h2-7,14,18-19H,8H2,1H3/t14-,18?,19?/m0/s1. The van der Waals surface area contributed by atoms with Crippen molar-refractivity contribution in [3.05, 3.63) is 69.6 Å². The quantitative estimate of drug-likeness (QED) is 0.369. The number of pyridine rings is 1. The Morgan fingerprint density at radius 3 is 2.62 bits per heavy atom. The molecule has 4 heterocycles. The molecule has 1 aromatic carbocycles. The van der Waals surface area contributed by atoms with Crippen molar-refractivity contribution in [2.24, 2.45) is 0 Å². The van der Waals surface area contributed by atoms with Crippen LogP contribution in [0.15, 0.2) is 36.5 Å². The molecule has 0 radical (unpaired) electrons. The van der Waals surface area contributed by atoms with E-state index in [1.807, 2.05) is 0 Å². The Morgan fingerprint density at radius 2 is 1.91 bits per heavy atom. The predicted octanol–water partition coefficient (Wildman–Crippen LogP) is 5.30. The molecule has 0 N–H and O–H groups in total. The lowest BCUT2D eigenvalue weighted by Crippen LogP contribution is -2.42. The summed E-state index contributed by atoms with van der Waals surface area (Å²) >= 11 is 12.1.